The van der Waals surface area contributed by atoms with Gasteiger partial charge in [-0.25, -0.2) is 0 Å². The van der Waals surface area contributed by atoms with Gasteiger partial charge in [-0.3, -0.25) is 9.69 Å². The van der Waals surface area contributed by atoms with Crippen LogP contribution < -0.4 is 11.1 Å². The number of nitrogens with zero attached hydrogens (tertiary/aromatic N) is 1. The van der Waals surface area contributed by atoms with Crippen LogP contribution in [0, 0.1) is 0 Å². The molecule has 0 aliphatic carbocycles. The number of carbonyl (C=O) groups excluding carboxylic acids is 1. The van der Waals surface area contributed by atoms with Gasteiger partial charge in [-0.1, -0.05) is 6.92 Å². The van der Waals surface area contributed by atoms with Crippen LogP contribution >= 0.6 is 11.3 Å². The van der Waals surface area contributed by atoms with Gasteiger partial charge in [-0.05, 0) is 48.2 Å². The van der Waals surface area contributed by atoms with E-state index in [-0.39, 0.29) is 24.0 Å². The fraction of sp³-hybridized carbons (Fsp3) is 0.643. The van der Waals surface area contributed by atoms with Crippen LogP contribution in [0.25, 0.3) is 0 Å². The van der Waals surface area contributed by atoms with E-state index in [1.807, 2.05) is 0 Å². The van der Waals surface area contributed by atoms with Crippen LogP contribution in [0.2, 0.25) is 0 Å². The molecule has 1 aromatic rings. The van der Waals surface area contributed by atoms with Crippen LogP contribution in [0.3, 0.4) is 0 Å². The average Bonchev–Trinajstić information content (AvgIpc) is 3.09. The molecule has 2 rings (SSSR count). The van der Waals surface area contributed by atoms with Crippen molar-refractivity contribution >= 4 is 17.2 Å². The van der Waals surface area contributed by atoms with Crippen molar-refractivity contribution in [3.8, 4) is 0 Å². The van der Waals surface area contributed by atoms with Crippen molar-refractivity contribution in [2.24, 2.45) is 5.73 Å². The number of hydrogen-bond donors (Lipinski definition) is 2. The number of thiophene rings is 1. The van der Waals surface area contributed by atoms with Gasteiger partial charge in [0, 0.05) is 13.1 Å². The zero-order valence-electron chi connectivity index (χ0n) is 11.6. The SMILES string of the molecule is CCC(N)C(c1ccsc1)N1CCCC1C(=O)NC. The highest BCUT2D eigenvalue weighted by Crippen LogP contribution is 2.33. The van der Waals surface area contributed by atoms with Crippen molar-refractivity contribution in [1.29, 1.82) is 0 Å². The summed E-state index contributed by atoms with van der Waals surface area (Å²) in [4.78, 5) is 14.3. The fourth-order valence-electron chi connectivity index (χ4n) is 2.92. The molecule has 1 aliphatic rings. The number of amides is 1. The normalized spacial score (nSPS) is 23.2. The molecule has 0 saturated carbocycles. The molecule has 106 valence electrons. The second-order valence-corrected chi connectivity index (χ2v) is 5.86. The molecule has 3 atom stereocenters. The largest absolute Gasteiger partial charge is 0.358 e. The Hall–Kier alpha value is -0.910. The molecular weight excluding hydrogens is 258 g/mol. The predicted octanol–water partition coefficient (Wildman–Crippen LogP) is 1.74. The lowest BCUT2D eigenvalue weighted by atomic mass is 9.98. The van der Waals surface area contributed by atoms with Crippen LogP contribution in [0.5, 0.6) is 0 Å². The predicted molar refractivity (Wildman–Crippen MR) is 79.1 cm³/mol. The molecule has 19 heavy (non-hydrogen) atoms. The highest BCUT2D eigenvalue weighted by Gasteiger charge is 2.37. The minimum Gasteiger partial charge on any atom is -0.358 e. The lowest BCUT2D eigenvalue weighted by Gasteiger charge is -2.35. The maximum absolute atomic E-state index is 12.0. The smallest absolute Gasteiger partial charge is 0.237 e. The summed E-state index contributed by atoms with van der Waals surface area (Å²) in [6, 6.07) is 2.32. The van der Waals surface area contributed by atoms with Gasteiger partial charge in [0.05, 0.1) is 12.1 Å². The molecule has 0 radical (unpaired) electrons. The summed E-state index contributed by atoms with van der Waals surface area (Å²) in [5, 5.41) is 7.01. The van der Waals surface area contributed by atoms with Gasteiger partial charge in [0.1, 0.15) is 0 Å². The Bertz CT molecular complexity index is 407. The van der Waals surface area contributed by atoms with Crippen molar-refractivity contribution in [3.63, 3.8) is 0 Å². The number of carbonyl (C=O) groups is 1. The lowest BCUT2D eigenvalue weighted by Crippen LogP contribution is -2.48. The third-order valence-electron chi connectivity index (χ3n) is 3.96. The number of likely N-dealkylation sites (N-methyl/N-ethyl adjacent to an activating group) is 1. The van der Waals surface area contributed by atoms with E-state index in [9.17, 15) is 4.79 Å². The molecule has 5 heteroatoms. The first kappa shape index (κ1) is 14.5. The molecule has 2 heterocycles. The van der Waals surface area contributed by atoms with E-state index in [1.165, 1.54) is 5.56 Å². The van der Waals surface area contributed by atoms with Gasteiger partial charge in [0.15, 0.2) is 0 Å². The van der Waals surface area contributed by atoms with Gasteiger partial charge < -0.3 is 11.1 Å². The Morgan fingerprint density at radius 3 is 3.05 bits per heavy atom. The highest BCUT2D eigenvalue weighted by molar-refractivity contribution is 7.07. The second kappa shape index (κ2) is 6.50. The molecule has 3 unspecified atom stereocenters. The molecule has 3 N–H and O–H groups in total. The van der Waals surface area contributed by atoms with E-state index in [0.717, 1.165) is 25.8 Å². The van der Waals surface area contributed by atoms with Crippen LogP contribution in [0.15, 0.2) is 16.8 Å². The van der Waals surface area contributed by atoms with Gasteiger partial charge >= 0.3 is 0 Å². The fourth-order valence-corrected chi connectivity index (χ4v) is 3.61. The van der Waals surface area contributed by atoms with Gasteiger partial charge in [-0.2, -0.15) is 11.3 Å². The van der Waals surface area contributed by atoms with Crippen molar-refractivity contribution in [2.75, 3.05) is 13.6 Å². The van der Waals surface area contributed by atoms with Crippen molar-refractivity contribution in [1.82, 2.24) is 10.2 Å². The molecular formula is C14H23N3OS. The van der Waals surface area contributed by atoms with Crippen molar-refractivity contribution in [3.05, 3.63) is 22.4 Å². The summed E-state index contributed by atoms with van der Waals surface area (Å²) in [6.07, 6.45) is 2.91. The average molecular weight is 281 g/mol. The summed E-state index contributed by atoms with van der Waals surface area (Å²) in [7, 11) is 1.71. The standard InChI is InChI=1S/C14H23N3OS/c1-3-11(15)13(10-6-8-19-9-10)17-7-4-5-12(17)14(18)16-2/h6,8-9,11-13H,3-5,7,15H2,1-2H3,(H,16,18). The topological polar surface area (TPSA) is 58.4 Å². The Labute approximate surface area is 119 Å². The van der Waals surface area contributed by atoms with Crippen LogP contribution in [-0.2, 0) is 4.79 Å². The Balaban J connectivity index is 2.25. The zero-order valence-corrected chi connectivity index (χ0v) is 12.5. The minimum atomic E-state index is -0.0347. The van der Waals surface area contributed by atoms with Gasteiger partial charge in [0.25, 0.3) is 0 Å². The Morgan fingerprint density at radius 1 is 1.68 bits per heavy atom. The first-order chi connectivity index (χ1) is 9.19. The summed E-state index contributed by atoms with van der Waals surface area (Å²) in [6.45, 7) is 3.06. The molecule has 1 amide bonds. The lowest BCUT2D eigenvalue weighted by molar-refractivity contribution is -0.125. The molecule has 0 spiro atoms. The van der Waals surface area contributed by atoms with Crippen LogP contribution in [0.4, 0.5) is 0 Å². The molecule has 1 aromatic heterocycles. The maximum Gasteiger partial charge on any atom is 0.237 e. The van der Waals surface area contributed by atoms with E-state index < -0.39 is 0 Å². The number of rotatable bonds is 5. The van der Waals surface area contributed by atoms with E-state index in [2.05, 4.69) is 34.0 Å². The van der Waals surface area contributed by atoms with E-state index in [4.69, 9.17) is 5.73 Å². The molecule has 1 fully saturated rings. The van der Waals surface area contributed by atoms with E-state index in [1.54, 1.807) is 18.4 Å². The summed E-state index contributed by atoms with van der Waals surface area (Å²) in [5.41, 5.74) is 7.57. The first-order valence-corrected chi connectivity index (χ1v) is 7.88. The first-order valence-electron chi connectivity index (χ1n) is 6.94. The summed E-state index contributed by atoms with van der Waals surface area (Å²) in [5.74, 6) is 0.112. The maximum atomic E-state index is 12.0. The third-order valence-corrected chi connectivity index (χ3v) is 4.66. The zero-order chi connectivity index (χ0) is 13.8. The van der Waals surface area contributed by atoms with Crippen molar-refractivity contribution in [2.45, 2.75) is 44.3 Å². The number of nitrogens with two attached hydrogens (primary N) is 1. The highest BCUT2D eigenvalue weighted by atomic mass is 32.1. The number of hydrogen-bond acceptors (Lipinski definition) is 4. The van der Waals surface area contributed by atoms with Gasteiger partial charge in [0.2, 0.25) is 5.91 Å². The Kier molecular flexibility index (Phi) is 4.96. The number of nitrogens with one attached hydrogen (secondary N) is 1. The van der Waals surface area contributed by atoms with Crippen LogP contribution in [-0.4, -0.2) is 36.5 Å². The summed E-state index contributed by atoms with van der Waals surface area (Å²) >= 11 is 1.69. The van der Waals surface area contributed by atoms with Crippen LogP contribution in [0.1, 0.15) is 37.8 Å². The second-order valence-electron chi connectivity index (χ2n) is 5.08. The number of likely N-dealkylation sites (tertiary alicyclic amines) is 1. The van der Waals surface area contributed by atoms with E-state index in [0.29, 0.717) is 0 Å². The monoisotopic (exact) mass is 281 g/mol. The Morgan fingerprint density at radius 2 is 2.47 bits per heavy atom. The van der Waals surface area contributed by atoms with Crippen molar-refractivity contribution < 1.29 is 4.79 Å². The third kappa shape index (κ3) is 2.99. The molecule has 4 nitrogen and oxygen atoms in total. The van der Waals surface area contributed by atoms with E-state index >= 15 is 0 Å². The molecule has 1 saturated heterocycles. The molecule has 0 aromatic carbocycles. The summed E-state index contributed by atoms with van der Waals surface area (Å²) < 4.78 is 0. The quantitative estimate of drug-likeness (QED) is 0.864. The molecule has 1 aliphatic heterocycles. The van der Waals surface area contributed by atoms with Gasteiger partial charge in [-0.15, -0.1) is 0 Å². The minimum absolute atomic E-state index is 0.0347. The molecule has 0 bridgehead atoms.